The van der Waals surface area contributed by atoms with Crippen molar-refractivity contribution in [3.05, 3.63) is 27.7 Å². The summed E-state index contributed by atoms with van der Waals surface area (Å²) in [6.07, 6.45) is 0.992. The minimum absolute atomic E-state index is 0.0448. The molecule has 1 aromatic carbocycles. The monoisotopic (exact) mass is 361 g/mol. The third kappa shape index (κ3) is 4.71. The number of hydrogen-bond donors (Lipinski definition) is 3. The van der Waals surface area contributed by atoms with Crippen molar-refractivity contribution in [1.29, 1.82) is 0 Å². The highest BCUT2D eigenvalue weighted by atomic mass is 35.5. The Balaban J connectivity index is 1.99. The third-order valence-corrected chi connectivity index (χ3v) is 4.68. The number of primary amides is 1. The average Bonchev–Trinajstić information content (AvgIpc) is 2.52. The molecule has 5 N–H and O–H groups in total. The molecule has 1 atom stereocenters. The van der Waals surface area contributed by atoms with Crippen molar-refractivity contribution in [3.63, 3.8) is 0 Å². The average molecular weight is 362 g/mol. The number of nitrogens with zero attached hydrogens (tertiary/aromatic N) is 1. The van der Waals surface area contributed by atoms with E-state index >= 15 is 0 Å². The van der Waals surface area contributed by atoms with Crippen LogP contribution in [0.4, 0.5) is 0 Å². The highest BCUT2D eigenvalue weighted by Gasteiger charge is 2.24. The van der Waals surface area contributed by atoms with E-state index in [0.717, 1.165) is 25.9 Å². The molecule has 0 aromatic heterocycles. The zero-order chi connectivity index (χ0) is 17.0. The van der Waals surface area contributed by atoms with Crippen LogP contribution in [-0.4, -0.2) is 54.3 Å². The maximum absolute atomic E-state index is 11.6. The maximum Gasteiger partial charge on any atom is 0.254 e. The van der Waals surface area contributed by atoms with Gasteiger partial charge in [-0.2, -0.15) is 0 Å². The van der Waals surface area contributed by atoms with Crippen LogP contribution in [0.3, 0.4) is 0 Å². The van der Waals surface area contributed by atoms with Crippen LogP contribution in [-0.2, 0) is 0 Å². The summed E-state index contributed by atoms with van der Waals surface area (Å²) in [5.74, 6) is -0.316. The molecule has 0 bridgehead atoms. The van der Waals surface area contributed by atoms with E-state index in [2.05, 4.69) is 4.90 Å². The van der Waals surface area contributed by atoms with Gasteiger partial charge in [0.15, 0.2) is 0 Å². The zero-order valence-electron chi connectivity index (χ0n) is 12.7. The third-order valence-electron chi connectivity index (χ3n) is 3.87. The molecule has 1 heterocycles. The van der Waals surface area contributed by atoms with Crippen molar-refractivity contribution >= 4 is 29.1 Å². The van der Waals surface area contributed by atoms with Gasteiger partial charge in [-0.1, -0.05) is 23.2 Å². The quantitative estimate of drug-likeness (QED) is 0.707. The van der Waals surface area contributed by atoms with E-state index in [4.69, 9.17) is 39.4 Å². The summed E-state index contributed by atoms with van der Waals surface area (Å²) in [6, 6.07) is 3.19. The molecule has 128 valence electrons. The Kier molecular flexibility index (Phi) is 6.50. The molecular formula is C15H21Cl2N3O3. The Labute approximate surface area is 145 Å². The highest BCUT2D eigenvalue weighted by molar-refractivity contribution is 6.44. The number of amides is 1. The first kappa shape index (κ1) is 18.3. The van der Waals surface area contributed by atoms with Gasteiger partial charge in [-0.15, -0.1) is 0 Å². The van der Waals surface area contributed by atoms with Crippen molar-refractivity contribution < 1.29 is 14.6 Å². The van der Waals surface area contributed by atoms with E-state index in [1.54, 1.807) is 12.1 Å². The minimum atomic E-state index is -0.670. The van der Waals surface area contributed by atoms with Crippen LogP contribution in [0.15, 0.2) is 12.1 Å². The molecule has 1 aromatic rings. The Morgan fingerprint density at radius 2 is 2.04 bits per heavy atom. The molecule has 23 heavy (non-hydrogen) atoms. The molecule has 6 nitrogen and oxygen atoms in total. The lowest BCUT2D eigenvalue weighted by Gasteiger charge is -2.33. The Morgan fingerprint density at radius 1 is 1.39 bits per heavy atom. The van der Waals surface area contributed by atoms with Gasteiger partial charge in [0.2, 0.25) is 0 Å². The van der Waals surface area contributed by atoms with Crippen molar-refractivity contribution in [3.8, 4) is 5.75 Å². The second-order valence-corrected chi connectivity index (χ2v) is 6.39. The van der Waals surface area contributed by atoms with Crippen molar-refractivity contribution in [2.24, 2.45) is 11.5 Å². The number of likely N-dealkylation sites (tertiary alicyclic amines) is 1. The molecule has 0 unspecified atom stereocenters. The lowest BCUT2D eigenvalue weighted by Crippen LogP contribution is -2.43. The largest absolute Gasteiger partial charge is 0.489 e. The Hall–Kier alpha value is -1.05. The van der Waals surface area contributed by atoms with Gasteiger partial charge in [0.1, 0.15) is 17.4 Å². The van der Waals surface area contributed by atoms with E-state index in [1.165, 1.54) is 0 Å². The molecule has 2 rings (SSSR count). The summed E-state index contributed by atoms with van der Waals surface area (Å²) in [7, 11) is 0. The van der Waals surface area contributed by atoms with Crippen molar-refractivity contribution in [2.75, 3.05) is 26.2 Å². The molecule has 1 aliphatic rings. The number of benzene rings is 1. The van der Waals surface area contributed by atoms with Gasteiger partial charge in [0.25, 0.3) is 5.91 Å². The first-order valence-corrected chi connectivity index (χ1v) is 8.23. The molecule has 1 saturated heterocycles. The summed E-state index contributed by atoms with van der Waals surface area (Å²) >= 11 is 12.0. The number of carbonyl (C=O) groups excluding carboxylic acids is 1. The summed E-state index contributed by atoms with van der Waals surface area (Å²) < 4.78 is 5.91. The van der Waals surface area contributed by atoms with E-state index in [0.29, 0.717) is 12.3 Å². The molecule has 0 radical (unpaired) electrons. The number of hydrogen-bond acceptors (Lipinski definition) is 5. The number of carbonyl (C=O) groups is 1. The SMILES string of the molecule is NC[C@H](O)CN1CCC(Oc2ccc(Cl)c(Cl)c2C(N)=O)CC1. The van der Waals surface area contributed by atoms with Gasteiger partial charge in [-0.25, -0.2) is 0 Å². The predicted molar refractivity (Wildman–Crippen MR) is 90.1 cm³/mol. The standard InChI is InChI=1S/C15H21Cl2N3O3/c16-11-1-2-12(13(14(11)17)15(19)22)23-10-3-5-20(6-4-10)8-9(21)7-18/h1-2,9-10,21H,3-8,18H2,(H2,19,22)/t9-/m0/s1. The van der Waals surface area contributed by atoms with Crippen LogP contribution in [0.25, 0.3) is 0 Å². The van der Waals surface area contributed by atoms with Gasteiger partial charge >= 0.3 is 0 Å². The number of rotatable bonds is 6. The van der Waals surface area contributed by atoms with Crippen LogP contribution in [0.5, 0.6) is 5.75 Å². The Bertz CT molecular complexity index is 563. The normalized spacial score (nSPS) is 17.9. The first-order chi connectivity index (χ1) is 10.9. The van der Waals surface area contributed by atoms with E-state index < -0.39 is 12.0 Å². The van der Waals surface area contributed by atoms with Gasteiger partial charge < -0.3 is 26.2 Å². The fourth-order valence-electron chi connectivity index (χ4n) is 2.62. The number of halogens is 2. The number of ether oxygens (including phenoxy) is 1. The fraction of sp³-hybridized carbons (Fsp3) is 0.533. The summed E-state index contributed by atoms with van der Waals surface area (Å²) in [6.45, 7) is 2.38. The smallest absolute Gasteiger partial charge is 0.254 e. The van der Waals surface area contributed by atoms with Gasteiger partial charge in [-0.3, -0.25) is 4.79 Å². The number of nitrogens with two attached hydrogens (primary N) is 2. The number of piperidine rings is 1. The summed E-state index contributed by atoms with van der Waals surface area (Å²) in [5.41, 5.74) is 10.9. The highest BCUT2D eigenvalue weighted by Crippen LogP contribution is 2.34. The molecule has 0 saturated carbocycles. The summed E-state index contributed by atoms with van der Waals surface area (Å²) in [5, 5.41) is 9.96. The second-order valence-electron chi connectivity index (χ2n) is 5.61. The molecule has 1 aliphatic heterocycles. The van der Waals surface area contributed by atoms with Crippen LogP contribution in [0.2, 0.25) is 10.0 Å². The topological polar surface area (TPSA) is 102 Å². The minimum Gasteiger partial charge on any atom is -0.489 e. The fourth-order valence-corrected chi connectivity index (χ4v) is 3.03. The zero-order valence-corrected chi connectivity index (χ0v) is 14.2. The van der Waals surface area contributed by atoms with Crippen LogP contribution < -0.4 is 16.2 Å². The molecule has 1 fully saturated rings. The van der Waals surface area contributed by atoms with Gasteiger partial charge in [0.05, 0.1) is 16.1 Å². The van der Waals surface area contributed by atoms with Gasteiger partial charge in [-0.05, 0) is 25.0 Å². The van der Waals surface area contributed by atoms with E-state index in [1.807, 2.05) is 0 Å². The number of aliphatic hydroxyl groups excluding tert-OH is 1. The van der Waals surface area contributed by atoms with E-state index in [-0.39, 0.29) is 28.3 Å². The Morgan fingerprint density at radius 3 is 2.61 bits per heavy atom. The molecule has 1 amide bonds. The number of aliphatic hydroxyl groups is 1. The first-order valence-electron chi connectivity index (χ1n) is 7.47. The molecule has 8 heteroatoms. The second kappa shape index (κ2) is 8.17. The van der Waals surface area contributed by atoms with Crippen LogP contribution >= 0.6 is 23.2 Å². The molecule has 0 spiro atoms. The lowest BCUT2D eigenvalue weighted by atomic mass is 10.1. The van der Waals surface area contributed by atoms with Crippen molar-refractivity contribution in [1.82, 2.24) is 4.90 Å². The molecular weight excluding hydrogens is 341 g/mol. The van der Waals surface area contributed by atoms with E-state index in [9.17, 15) is 9.90 Å². The van der Waals surface area contributed by atoms with Crippen LogP contribution in [0, 0.1) is 0 Å². The van der Waals surface area contributed by atoms with Gasteiger partial charge in [0, 0.05) is 26.2 Å². The van der Waals surface area contributed by atoms with Crippen LogP contribution in [0.1, 0.15) is 23.2 Å². The number of β-amino-alcohol motifs (C(OH)–C–C–N with tert-alkyl or cyclic N) is 1. The predicted octanol–water partition coefficient (Wildman–Crippen LogP) is 1.26. The maximum atomic E-state index is 11.6. The lowest BCUT2D eigenvalue weighted by molar-refractivity contribution is 0.0634. The summed E-state index contributed by atoms with van der Waals surface area (Å²) in [4.78, 5) is 13.7. The van der Waals surface area contributed by atoms with Crippen molar-refractivity contribution in [2.45, 2.75) is 25.0 Å². The molecule has 0 aliphatic carbocycles.